The zero-order valence-electron chi connectivity index (χ0n) is 11.1. The van der Waals surface area contributed by atoms with Gasteiger partial charge in [0, 0.05) is 26.7 Å². The van der Waals surface area contributed by atoms with Crippen LogP contribution < -0.4 is 10.2 Å². The number of nitrogens with one attached hydrogen (secondary N) is 1. The first-order valence-electron chi connectivity index (χ1n) is 6.23. The van der Waals surface area contributed by atoms with Gasteiger partial charge in [-0.25, -0.2) is 4.98 Å². The van der Waals surface area contributed by atoms with Crippen LogP contribution in [0.2, 0.25) is 5.02 Å². The smallest absolute Gasteiger partial charge is 0.224 e. The van der Waals surface area contributed by atoms with Gasteiger partial charge in [0.2, 0.25) is 5.95 Å². The van der Waals surface area contributed by atoms with Crippen LogP contribution in [-0.2, 0) is 0 Å². The predicted molar refractivity (Wildman–Crippen MR) is 75.5 cm³/mol. The summed E-state index contributed by atoms with van der Waals surface area (Å²) in [4.78, 5) is 13.0. The van der Waals surface area contributed by atoms with Crippen LogP contribution >= 0.6 is 11.6 Å². The summed E-state index contributed by atoms with van der Waals surface area (Å²) in [5, 5.41) is 3.53. The number of rotatable bonds is 4. The van der Waals surface area contributed by atoms with Crippen LogP contribution in [0.4, 0.5) is 11.8 Å². The third kappa shape index (κ3) is 2.84. The second-order valence-corrected chi connectivity index (χ2v) is 5.18. The van der Waals surface area contributed by atoms with E-state index >= 15 is 0 Å². The normalized spacial score (nSPS) is 20.1. The lowest BCUT2D eigenvalue weighted by molar-refractivity contribution is 0.314. The summed E-state index contributed by atoms with van der Waals surface area (Å²) in [6.45, 7) is 2.12. The highest BCUT2D eigenvalue weighted by molar-refractivity contribution is 6.32. The maximum Gasteiger partial charge on any atom is 0.224 e. The summed E-state index contributed by atoms with van der Waals surface area (Å²) < 4.78 is 0. The van der Waals surface area contributed by atoms with E-state index in [-0.39, 0.29) is 0 Å². The van der Waals surface area contributed by atoms with Crippen molar-refractivity contribution < 1.29 is 0 Å². The number of halogens is 1. The SMILES string of the molecule is CNc1ncc(Cl)c(N(C)CC2CCCN2C)n1. The van der Waals surface area contributed by atoms with Gasteiger partial charge in [0.25, 0.3) is 0 Å². The molecule has 6 heteroatoms. The first-order chi connectivity index (χ1) is 8.61. The number of hydrogen-bond donors (Lipinski definition) is 1. The highest BCUT2D eigenvalue weighted by Crippen LogP contribution is 2.24. The minimum Gasteiger partial charge on any atom is -0.357 e. The van der Waals surface area contributed by atoms with Crippen molar-refractivity contribution in [2.75, 3.05) is 44.4 Å². The van der Waals surface area contributed by atoms with Crippen molar-refractivity contribution in [2.45, 2.75) is 18.9 Å². The molecule has 0 bridgehead atoms. The lowest BCUT2D eigenvalue weighted by Crippen LogP contribution is -2.37. The Morgan fingerprint density at radius 2 is 2.39 bits per heavy atom. The fourth-order valence-corrected chi connectivity index (χ4v) is 2.59. The Labute approximate surface area is 113 Å². The van der Waals surface area contributed by atoms with E-state index in [2.05, 4.69) is 32.1 Å². The first-order valence-corrected chi connectivity index (χ1v) is 6.61. The van der Waals surface area contributed by atoms with Gasteiger partial charge in [0.05, 0.1) is 6.20 Å². The van der Waals surface area contributed by atoms with Crippen molar-refractivity contribution in [3.05, 3.63) is 11.2 Å². The molecular weight excluding hydrogens is 250 g/mol. The van der Waals surface area contributed by atoms with E-state index in [1.807, 2.05) is 7.05 Å². The summed E-state index contributed by atoms with van der Waals surface area (Å²) in [5.41, 5.74) is 0. The van der Waals surface area contributed by atoms with E-state index in [9.17, 15) is 0 Å². The van der Waals surface area contributed by atoms with Crippen molar-refractivity contribution in [3.63, 3.8) is 0 Å². The summed E-state index contributed by atoms with van der Waals surface area (Å²) in [6.07, 6.45) is 4.15. The van der Waals surface area contributed by atoms with Crippen LogP contribution in [0.15, 0.2) is 6.20 Å². The first kappa shape index (κ1) is 13.4. The molecule has 0 aliphatic carbocycles. The Hall–Kier alpha value is -1.07. The van der Waals surface area contributed by atoms with Crippen LogP contribution in [-0.4, -0.2) is 55.1 Å². The van der Waals surface area contributed by atoms with Gasteiger partial charge in [-0.15, -0.1) is 0 Å². The Kier molecular flexibility index (Phi) is 4.24. The van der Waals surface area contributed by atoms with Crippen molar-refractivity contribution in [1.29, 1.82) is 0 Å². The minimum absolute atomic E-state index is 0.582. The molecule has 1 saturated heterocycles. The number of hydrogen-bond acceptors (Lipinski definition) is 5. The molecule has 2 heterocycles. The molecule has 1 atom stereocenters. The fourth-order valence-electron chi connectivity index (χ4n) is 2.36. The minimum atomic E-state index is 0.582. The maximum absolute atomic E-state index is 6.16. The van der Waals surface area contributed by atoms with Crippen LogP contribution in [0.3, 0.4) is 0 Å². The van der Waals surface area contributed by atoms with E-state index in [4.69, 9.17) is 11.6 Å². The Balaban J connectivity index is 2.10. The molecule has 0 amide bonds. The molecule has 1 fully saturated rings. The van der Waals surface area contributed by atoms with Crippen LogP contribution in [0, 0.1) is 0 Å². The van der Waals surface area contributed by atoms with Crippen molar-refractivity contribution in [2.24, 2.45) is 0 Å². The zero-order chi connectivity index (χ0) is 13.1. The van der Waals surface area contributed by atoms with Crippen molar-refractivity contribution in [1.82, 2.24) is 14.9 Å². The largest absolute Gasteiger partial charge is 0.357 e. The van der Waals surface area contributed by atoms with E-state index in [1.165, 1.54) is 19.4 Å². The molecule has 0 radical (unpaired) electrons. The van der Waals surface area contributed by atoms with Gasteiger partial charge < -0.3 is 15.1 Å². The monoisotopic (exact) mass is 269 g/mol. The van der Waals surface area contributed by atoms with Crippen LogP contribution in [0.1, 0.15) is 12.8 Å². The van der Waals surface area contributed by atoms with Crippen molar-refractivity contribution >= 4 is 23.4 Å². The van der Waals surface area contributed by atoms with Crippen LogP contribution in [0.25, 0.3) is 0 Å². The topological polar surface area (TPSA) is 44.3 Å². The molecule has 100 valence electrons. The Morgan fingerprint density at radius 3 is 3.00 bits per heavy atom. The predicted octanol–water partition coefficient (Wildman–Crippen LogP) is 1.70. The van der Waals surface area contributed by atoms with E-state index < -0.39 is 0 Å². The van der Waals surface area contributed by atoms with Crippen LogP contribution in [0.5, 0.6) is 0 Å². The van der Waals surface area contributed by atoms with Gasteiger partial charge in [-0.2, -0.15) is 4.98 Å². The third-order valence-electron chi connectivity index (χ3n) is 3.47. The summed E-state index contributed by atoms with van der Waals surface area (Å²) in [7, 11) is 6.00. The van der Waals surface area contributed by atoms with Gasteiger partial charge in [0.15, 0.2) is 5.82 Å². The quantitative estimate of drug-likeness (QED) is 0.901. The lowest BCUT2D eigenvalue weighted by atomic mass is 10.2. The molecule has 5 nitrogen and oxygen atoms in total. The molecule has 2 rings (SSSR count). The Bertz CT molecular complexity index is 411. The highest BCUT2D eigenvalue weighted by Gasteiger charge is 2.23. The molecule has 1 N–H and O–H groups in total. The molecule has 1 aliphatic rings. The third-order valence-corrected chi connectivity index (χ3v) is 3.73. The zero-order valence-corrected chi connectivity index (χ0v) is 11.9. The number of anilines is 2. The van der Waals surface area contributed by atoms with E-state index in [0.717, 1.165) is 12.4 Å². The van der Waals surface area contributed by atoms with Crippen molar-refractivity contribution in [3.8, 4) is 0 Å². The second-order valence-electron chi connectivity index (χ2n) is 4.77. The molecule has 1 unspecified atom stereocenters. The average molecular weight is 270 g/mol. The standard InChI is InChI=1S/C12H20ClN5/c1-14-12-15-7-10(13)11(16-12)18(3)8-9-5-4-6-17(9)2/h7,9H,4-6,8H2,1-3H3,(H,14,15,16). The molecule has 0 aromatic carbocycles. The van der Waals surface area contributed by atoms with Gasteiger partial charge in [-0.05, 0) is 26.4 Å². The van der Waals surface area contributed by atoms with Gasteiger partial charge >= 0.3 is 0 Å². The molecule has 0 spiro atoms. The number of likely N-dealkylation sites (tertiary alicyclic amines) is 1. The molecule has 1 aliphatic heterocycles. The maximum atomic E-state index is 6.16. The average Bonchev–Trinajstić information content (AvgIpc) is 2.75. The van der Waals surface area contributed by atoms with E-state index in [1.54, 1.807) is 13.2 Å². The van der Waals surface area contributed by atoms with Gasteiger partial charge in [0.1, 0.15) is 5.02 Å². The lowest BCUT2D eigenvalue weighted by Gasteiger charge is -2.27. The summed E-state index contributed by atoms with van der Waals surface area (Å²) in [5.74, 6) is 1.39. The summed E-state index contributed by atoms with van der Waals surface area (Å²) >= 11 is 6.16. The fraction of sp³-hybridized carbons (Fsp3) is 0.667. The molecule has 1 aromatic rings. The molecule has 1 aromatic heterocycles. The molecule has 18 heavy (non-hydrogen) atoms. The number of likely N-dealkylation sites (N-methyl/N-ethyl adjacent to an activating group) is 2. The van der Waals surface area contributed by atoms with Gasteiger partial charge in [-0.1, -0.05) is 11.6 Å². The number of nitrogens with zero attached hydrogens (tertiary/aromatic N) is 4. The number of aromatic nitrogens is 2. The Morgan fingerprint density at radius 1 is 1.61 bits per heavy atom. The molecule has 0 saturated carbocycles. The molecular formula is C12H20ClN5. The summed E-state index contributed by atoms with van der Waals surface area (Å²) in [6, 6.07) is 0.582. The van der Waals surface area contributed by atoms with Gasteiger partial charge in [-0.3, -0.25) is 0 Å². The highest BCUT2D eigenvalue weighted by atomic mass is 35.5. The van der Waals surface area contributed by atoms with E-state index in [0.29, 0.717) is 17.0 Å². The second kappa shape index (κ2) is 5.71.